The number of nitrogens with two attached hydrogens (primary N) is 1. The number of anilines is 1. The van der Waals surface area contributed by atoms with Gasteiger partial charge in [0.25, 0.3) is 21.8 Å². The van der Waals surface area contributed by atoms with Crippen molar-refractivity contribution in [2.45, 2.75) is 18.6 Å². The van der Waals surface area contributed by atoms with Crippen LogP contribution >= 0.6 is 0 Å². The van der Waals surface area contributed by atoms with Crippen LogP contribution in [0.3, 0.4) is 0 Å². The molecule has 4 N–H and O–H groups in total. The van der Waals surface area contributed by atoms with Gasteiger partial charge in [0.1, 0.15) is 0 Å². The number of carbonyl (C=O) groups is 3. The van der Waals surface area contributed by atoms with E-state index in [-0.39, 0.29) is 11.3 Å². The van der Waals surface area contributed by atoms with Gasteiger partial charge in [-0.1, -0.05) is 42.0 Å². The Balaban J connectivity index is 1.57. The first-order valence-electron chi connectivity index (χ1n) is 9.66. The highest BCUT2D eigenvalue weighted by Gasteiger charge is 2.20. The van der Waals surface area contributed by atoms with Crippen LogP contribution in [0.2, 0.25) is 0 Å². The monoisotopic (exact) mass is 471 g/mol. The van der Waals surface area contributed by atoms with Gasteiger partial charge in [0.05, 0.1) is 11.3 Å². The Morgan fingerprint density at radius 1 is 1.00 bits per heavy atom. The summed E-state index contributed by atoms with van der Waals surface area (Å²) in [7, 11) is -4.12. The molecule has 0 spiro atoms. The zero-order chi connectivity index (χ0) is 24.0. The van der Waals surface area contributed by atoms with E-state index in [1.54, 1.807) is 18.2 Å². The Hall–Kier alpha value is -3.96. The van der Waals surface area contributed by atoms with Crippen LogP contribution in [0.4, 0.5) is 5.69 Å². The number of ether oxygens (including phenoxy) is 1. The van der Waals surface area contributed by atoms with E-state index in [0.29, 0.717) is 6.54 Å². The molecule has 0 aliphatic rings. The maximum atomic E-state index is 12.6. The molecule has 0 radical (unpaired) electrons. The fourth-order valence-corrected chi connectivity index (χ4v) is 3.21. The van der Waals surface area contributed by atoms with Crippen molar-refractivity contribution in [1.82, 2.24) is 5.32 Å². The Kier molecular flexibility index (Phi) is 7.26. The molecule has 1 aromatic heterocycles. The molecular weight excluding hydrogens is 450 g/mol. The van der Waals surface area contributed by atoms with E-state index in [9.17, 15) is 22.8 Å². The average Bonchev–Trinajstić information content (AvgIpc) is 3.28. The lowest BCUT2D eigenvalue weighted by Crippen LogP contribution is -2.26. The summed E-state index contributed by atoms with van der Waals surface area (Å²) >= 11 is 0. The molecule has 0 bridgehead atoms. The Morgan fingerprint density at radius 2 is 1.70 bits per heavy atom. The van der Waals surface area contributed by atoms with Crippen molar-refractivity contribution in [1.29, 1.82) is 0 Å². The number of primary sulfonamides is 1. The second kappa shape index (κ2) is 10.1. The zero-order valence-electron chi connectivity index (χ0n) is 17.5. The molecule has 0 unspecified atom stereocenters. The number of para-hydroxylation sites is 1. The third kappa shape index (κ3) is 6.51. The molecule has 3 aromatic rings. The Morgan fingerprint density at radius 3 is 2.36 bits per heavy atom. The number of benzene rings is 2. The first kappa shape index (κ1) is 23.7. The summed E-state index contributed by atoms with van der Waals surface area (Å²) in [6.07, 6.45) is 0. The van der Waals surface area contributed by atoms with Crippen LogP contribution in [-0.4, -0.2) is 32.8 Å². The predicted molar refractivity (Wildman–Crippen MR) is 118 cm³/mol. The first-order valence-corrected chi connectivity index (χ1v) is 11.2. The number of carbonyl (C=O) groups excluding carboxylic acids is 3. The number of nitrogens with one attached hydrogen (secondary N) is 2. The SMILES string of the molecule is Cc1ccc(CNC(=O)c2ccccc2NC(=O)COC(=O)c2ccc(S(N)(=O)=O)o2)cc1. The van der Waals surface area contributed by atoms with E-state index in [1.807, 2.05) is 31.2 Å². The van der Waals surface area contributed by atoms with Gasteiger partial charge in [-0.05, 0) is 36.8 Å². The number of hydrogen-bond acceptors (Lipinski definition) is 7. The molecular formula is C22H21N3O7S. The summed E-state index contributed by atoms with van der Waals surface area (Å²) in [5, 5.41) is 9.60. The van der Waals surface area contributed by atoms with E-state index >= 15 is 0 Å². The summed E-state index contributed by atoms with van der Waals surface area (Å²) in [6, 6.07) is 16.1. The third-order valence-electron chi connectivity index (χ3n) is 4.42. The number of sulfonamides is 1. The van der Waals surface area contributed by atoms with Gasteiger partial charge in [0.2, 0.25) is 10.9 Å². The van der Waals surface area contributed by atoms with Crippen molar-refractivity contribution in [3.8, 4) is 0 Å². The van der Waals surface area contributed by atoms with Crippen molar-refractivity contribution in [2.24, 2.45) is 5.14 Å². The van der Waals surface area contributed by atoms with Gasteiger partial charge >= 0.3 is 5.97 Å². The van der Waals surface area contributed by atoms with Crippen LogP contribution in [0, 0.1) is 6.92 Å². The molecule has 0 saturated carbocycles. The van der Waals surface area contributed by atoms with Crippen molar-refractivity contribution < 1.29 is 32.0 Å². The standard InChI is InChI=1S/C22H21N3O7S/c1-14-6-8-15(9-7-14)12-24-21(27)16-4-2-3-5-17(16)25-19(26)13-31-22(28)18-10-11-20(32-18)33(23,29)30/h2-11H,12-13H2,1H3,(H,24,27)(H,25,26)(H2,23,29,30). The fourth-order valence-electron chi connectivity index (χ4n) is 2.74. The van der Waals surface area contributed by atoms with Crippen molar-refractivity contribution in [3.05, 3.63) is 83.1 Å². The van der Waals surface area contributed by atoms with Gasteiger partial charge in [-0.2, -0.15) is 0 Å². The second-order valence-electron chi connectivity index (χ2n) is 7.00. The summed E-state index contributed by atoms with van der Waals surface area (Å²) < 4.78 is 32.0. The van der Waals surface area contributed by atoms with Crippen molar-refractivity contribution >= 4 is 33.5 Å². The Labute approximate surface area is 189 Å². The zero-order valence-corrected chi connectivity index (χ0v) is 18.3. The molecule has 0 saturated heterocycles. The van der Waals surface area contributed by atoms with Crippen LogP contribution in [-0.2, 0) is 26.1 Å². The van der Waals surface area contributed by atoms with Gasteiger partial charge in [0, 0.05) is 6.54 Å². The molecule has 2 amide bonds. The van der Waals surface area contributed by atoms with E-state index < -0.39 is 45.3 Å². The topological polar surface area (TPSA) is 158 Å². The lowest BCUT2D eigenvalue weighted by atomic mass is 10.1. The summed E-state index contributed by atoms with van der Waals surface area (Å²) in [6.45, 7) is 1.58. The van der Waals surface area contributed by atoms with Crippen LogP contribution in [0.15, 0.2) is 70.2 Å². The van der Waals surface area contributed by atoms with Crippen LogP contribution < -0.4 is 15.8 Å². The number of amides is 2. The maximum absolute atomic E-state index is 12.6. The molecule has 11 heteroatoms. The van der Waals surface area contributed by atoms with Crippen molar-refractivity contribution in [2.75, 3.05) is 11.9 Å². The quantitative estimate of drug-likeness (QED) is 0.424. The average molecular weight is 471 g/mol. The number of hydrogen-bond donors (Lipinski definition) is 3. The minimum absolute atomic E-state index is 0.230. The maximum Gasteiger partial charge on any atom is 0.374 e. The van der Waals surface area contributed by atoms with Gasteiger partial charge in [-0.3, -0.25) is 9.59 Å². The molecule has 3 rings (SSSR count). The minimum atomic E-state index is -4.12. The van der Waals surface area contributed by atoms with Gasteiger partial charge < -0.3 is 19.8 Å². The van der Waals surface area contributed by atoms with E-state index in [0.717, 1.165) is 23.3 Å². The van der Waals surface area contributed by atoms with Gasteiger partial charge in [0.15, 0.2) is 6.61 Å². The highest BCUT2D eigenvalue weighted by atomic mass is 32.2. The smallest absolute Gasteiger partial charge is 0.374 e. The normalized spacial score (nSPS) is 11.0. The lowest BCUT2D eigenvalue weighted by Gasteiger charge is -2.12. The molecule has 0 fully saturated rings. The molecule has 2 aromatic carbocycles. The predicted octanol–water partition coefficient (Wildman–Crippen LogP) is 1.96. The van der Waals surface area contributed by atoms with Crippen LogP contribution in [0.5, 0.6) is 0 Å². The number of aryl methyl sites for hydroxylation is 1. The highest BCUT2D eigenvalue weighted by molar-refractivity contribution is 7.89. The fraction of sp³-hybridized carbons (Fsp3) is 0.136. The Bertz CT molecular complexity index is 1280. The minimum Gasteiger partial charge on any atom is -0.450 e. The molecule has 33 heavy (non-hydrogen) atoms. The second-order valence-corrected chi connectivity index (χ2v) is 8.49. The molecule has 10 nitrogen and oxygen atoms in total. The summed E-state index contributed by atoms with van der Waals surface area (Å²) in [5.74, 6) is -2.58. The van der Waals surface area contributed by atoms with E-state index in [4.69, 9.17) is 14.3 Å². The molecule has 172 valence electrons. The molecule has 1 heterocycles. The van der Waals surface area contributed by atoms with Crippen LogP contribution in [0.25, 0.3) is 0 Å². The molecule has 0 atom stereocenters. The highest BCUT2D eigenvalue weighted by Crippen LogP contribution is 2.16. The van der Waals surface area contributed by atoms with Crippen LogP contribution in [0.1, 0.15) is 32.0 Å². The van der Waals surface area contributed by atoms with Gasteiger partial charge in [-0.25, -0.2) is 18.4 Å². The summed E-state index contributed by atoms with van der Waals surface area (Å²) in [4.78, 5) is 36.8. The first-order chi connectivity index (χ1) is 15.6. The number of esters is 1. The van der Waals surface area contributed by atoms with E-state index in [1.165, 1.54) is 6.07 Å². The number of rotatable bonds is 8. The molecule has 0 aliphatic heterocycles. The lowest BCUT2D eigenvalue weighted by molar-refractivity contribution is -0.119. The number of furan rings is 1. The molecule has 0 aliphatic carbocycles. The largest absolute Gasteiger partial charge is 0.450 e. The third-order valence-corrected chi connectivity index (χ3v) is 5.20. The summed E-state index contributed by atoms with van der Waals surface area (Å²) in [5.41, 5.74) is 2.49. The van der Waals surface area contributed by atoms with E-state index in [2.05, 4.69) is 10.6 Å². The van der Waals surface area contributed by atoms with Gasteiger partial charge in [-0.15, -0.1) is 0 Å². The van der Waals surface area contributed by atoms with Crippen molar-refractivity contribution in [3.63, 3.8) is 0 Å².